The Kier molecular flexibility index (Phi) is 10.2. The molecule has 1 unspecified atom stereocenters. The molecular formula is C19H30BrN3O5P+. The van der Waals surface area contributed by atoms with Gasteiger partial charge < -0.3 is 16.0 Å². The lowest BCUT2D eigenvalue weighted by Gasteiger charge is -2.37. The molecule has 0 radical (unpaired) electrons. The van der Waals surface area contributed by atoms with E-state index < -0.39 is 32.0 Å². The quantitative estimate of drug-likeness (QED) is 0.284. The number of carbonyl (C=O) groups excluding carboxylic acids is 2. The van der Waals surface area contributed by atoms with Crippen LogP contribution in [0.1, 0.15) is 47.5 Å². The van der Waals surface area contributed by atoms with Gasteiger partial charge in [0.2, 0.25) is 11.6 Å². The lowest BCUT2D eigenvalue weighted by Crippen LogP contribution is -2.61. The predicted molar refractivity (Wildman–Crippen MR) is 116 cm³/mol. The zero-order chi connectivity index (χ0) is 22.2. The second-order valence-corrected chi connectivity index (χ2v) is 8.94. The van der Waals surface area contributed by atoms with E-state index in [0.29, 0.717) is 18.5 Å². The first-order valence-corrected chi connectivity index (χ1v) is 11.4. The first-order valence-electron chi connectivity index (χ1n) is 9.52. The summed E-state index contributed by atoms with van der Waals surface area (Å²) in [4.78, 5) is 34.6. The van der Waals surface area contributed by atoms with E-state index in [1.54, 1.807) is 52.0 Å². The molecule has 1 aromatic rings. The van der Waals surface area contributed by atoms with Crippen LogP contribution in [0.5, 0.6) is 0 Å². The van der Waals surface area contributed by atoms with Crippen LogP contribution >= 0.6 is 24.2 Å². The molecule has 29 heavy (non-hydrogen) atoms. The van der Waals surface area contributed by atoms with E-state index in [9.17, 15) is 19.0 Å². The summed E-state index contributed by atoms with van der Waals surface area (Å²) in [6.07, 6.45) is 1.05. The zero-order valence-corrected chi connectivity index (χ0v) is 19.8. The second-order valence-electron chi connectivity index (χ2n) is 7.37. The molecule has 10 heteroatoms. The maximum atomic E-state index is 13.0. The third-order valence-electron chi connectivity index (χ3n) is 4.56. The Labute approximate surface area is 181 Å². The number of hydrogen-bond acceptors (Lipinski definition) is 4. The number of anilines is 1. The molecule has 0 spiro atoms. The van der Waals surface area contributed by atoms with Crippen molar-refractivity contribution in [3.05, 3.63) is 28.7 Å². The second kappa shape index (κ2) is 11.6. The summed E-state index contributed by atoms with van der Waals surface area (Å²) in [5, 5.41) is 8.12. The topological polar surface area (TPSA) is 117 Å². The van der Waals surface area contributed by atoms with E-state index in [0.717, 1.165) is 4.47 Å². The summed E-state index contributed by atoms with van der Waals surface area (Å²) >= 11 is 3.33. The lowest BCUT2D eigenvalue weighted by molar-refractivity contribution is -0.135. The van der Waals surface area contributed by atoms with Crippen molar-refractivity contribution in [3.63, 3.8) is 0 Å². The highest BCUT2D eigenvalue weighted by Gasteiger charge is 2.48. The van der Waals surface area contributed by atoms with Crippen LogP contribution in [0.3, 0.4) is 0 Å². The zero-order valence-electron chi connectivity index (χ0n) is 17.4. The molecule has 0 saturated carbocycles. The standard InChI is InChI=1S/C19H29BrN3O5P/c1-6-7-16(22-18(25)21-15-10-8-14(20)9-11-15)17(24)23-19(12(2)3,13(4)5)28-29(26)27/h8-13,16H,6-7H2,1-5H3,(H3-,21,22,23,24,25,26,27)/p+1/t16-/m0/s1. The highest BCUT2D eigenvalue weighted by Crippen LogP contribution is 2.36. The first kappa shape index (κ1) is 25.5. The average molecular weight is 491 g/mol. The summed E-state index contributed by atoms with van der Waals surface area (Å²) in [7, 11) is -2.93. The van der Waals surface area contributed by atoms with Crippen LogP contribution in [0.4, 0.5) is 10.5 Å². The van der Waals surface area contributed by atoms with Gasteiger partial charge in [-0.3, -0.25) is 4.79 Å². The van der Waals surface area contributed by atoms with Crippen molar-refractivity contribution in [1.82, 2.24) is 10.6 Å². The van der Waals surface area contributed by atoms with Gasteiger partial charge >= 0.3 is 14.3 Å². The molecule has 0 bridgehead atoms. The molecule has 2 atom stereocenters. The molecule has 8 nitrogen and oxygen atoms in total. The summed E-state index contributed by atoms with van der Waals surface area (Å²) in [5.74, 6) is -1.04. The summed E-state index contributed by atoms with van der Waals surface area (Å²) in [6, 6.07) is 5.69. The van der Waals surface area contributed by atoms with Gasteiger partial charge in [0, 0.05) is 26.6 Å². The Hall–Kier alpha value is -1.54. The first-order chi connectivity index (χ1) is 13.5. The van der Waals surface area contributed by atoms with E-state index in [1.807, 2.05) is 6.92 Å². The number of halogens is 1. The van der Waals surface area contributed by atoms with Crippen molar-refractivity contribution in [2.45, 2.75) is 59.2 Å². The van der Waals surface area contributed by atoms with Gasteiger partial charge in [-0.2, -0.15) is 0 Å². The highest BCUT2D eigenvalue weighted by molar-refractivity contribution is 9.10. The minimum atomic E-state index is -2.93. The van der Waals surface area contributed by atoms with Crippen molar-refractivity contribution in [1.29, 1.82) is 0 Å². The van der Waals surface area contributed by atoms with Gasteiger partial charge in [-0.15, -0.1) is 4.89 Å². The number of carbonyl (C=O) groups is 2. The normalized spacial score (nSPS) is 13.2. The number of hydrogen-bond donors (Lipinski definition) is 4. The van der Waals surface area contributed by atoms with E-state index in [2.05, 4.69) is 31.9 Å². The molecule has 0 aliphatic carbocycles. The van der Waals surface area contributed by atoms with Crippen LogP contribution in [0.25, 0.3) is 0 Å². The Morgan fingerprint density at radius 3 is 2.17 bits per heavy atom. The fourth-order valence-electron chi connectivity index (χ4n) is 3.01. The Morgan fingerprint density at radius 2 is 1.72 bits per heavy atom. The molecule has 3 amide bonds. The molecule has 1 aromatic carbocycles. The van der Waals surface area contributed by atoms with E-state index >= 15 is 0 Å². The maximum absolute atomic E-state index is 13.0. The van der Waals surface area contributed by atoms with Crippen LogP contribution in [-0.4, -0.2) is 28.6 Å². The van der Waals surface area contributed by atoms with Crippen molar-refractivity contribution >= 4 is 41.8 Å². The van der Waals surface area contributed by atoms with Crippen LogP contribution in [0.15, 0.2) is 28.7 Å². The van der Waals surface area contributed by atoms with Crippen LogP contribution in [0, 0.1) is 11.8 Å². The van der Waals surface area contributed by atoms with E-state index in [1.165, 1.54) is 0 Å². The minimum Gasteiger partial charge on any atom is -0.326 e. The fraction of sp³-hybridized carbons (Fsp3) is 0.579. The minimum absolute atomic E-state index is 0.281. The summed E-state index contributed by atoms with van der Waals surface area (Å²) in [6.45, 7) is 9.07. The van der Waals surface area contributed by atoms with Crippen LogP contribution in [0.2, 0.25) is 0 Å². The van der Waals surface area contributed by atoms with Gasteiger partial charge in [-0.25, -0.2) is 4.79 Å². The van der Waals surface area contributed by atoms with Crippen molar-refractivity contribution in [2.75, 3.05) is 5.32 Å². The fourth-order valence-corrected chi connectivity index (χ4v) is 4.00. The molecule has 1 rings (SSSR count). The number of rotatable bonds is 10. The number of urea groups is 1. The van der Waals surface area contributed by atoms with E-state index in [4.69, 9.17) is 4.52 Å². The third-order valence-corrected chi connectivity index (χ3v) is 5.55. The number of amides is 3. The molecule has 0 fully saturated rings. The molecule has 0 saturated heterocycles. The van der Waals surface area contributed by atoms with Crippen LogP contribution in [-0.2, 0) is 13.9 Å². The molecule has 0 heterocycles. The van der Waals surface area contributed by atoms with Gasteiger partial charge in [-0.05, 0) is 30.7 Å². The smallest absolute Gasteiger partial charge is 0.326 e. The number of nitrogens with one attached hydrogen (secondary N) is 3. The van der Waals surface area contributed by atoms with Gasteiger partial charge in [0.1, 0.15) is 6.04 Å². The molecule has 0 aliphatic heterocycles. The largest absolute Gasteiger partial charge is 0.697 e. The Balaban J connectivity index is 2.94. The van der Waals surface area contributed by atoms with E-state index in [-0.39, 0.29) is 11.8 Å². The van der Waals surface area contributed by atoms with Crippen molar-refractivity contribution in [3.8, 4) is 0 Å². The van der Waals surface area contributed by atoms with Gasteiger partial charge in [0.25, 0.3) is 0 Å². The maximum Gasteiger partial charge on any atom is 0.697 e. The molecule has 162 valence electrons. The molecule has 0 aliphatic rings. The van der Waals surface area contributed by atoms with Gasteiger partial charge in [0.15, 0.2) is 0 Å². The number of benzene rings is 1. The van der Waals surface area contributed by atoms with Gasteiger partial charge in [-0.1, -0.05) is 61.5 Å². The van der Waals surface area contributed by atoms with Crippen LogP contribution < -0.4 is 16.0 Å². The molecule has 4 N–H and O–H groups in total. The lowest BCUT2D eigenvalue weighted by atomic mass is 9.88. The van der Waals surface area contributed by atoms with Crippen molar-refractivity contribution < 1.29 is 23.6 Å². The molecular weight excluding hydrogens is 461 g/mol. The third kappa shape index (κ3) is 7.66. The van der Waals surface area contributed by atoms with Crippen molar-refractivity contribution in [2.24, 2.45) is 11.8 Å². The monoisotopic (exact) mass is 490 g/mol. The average Bonchev–Trinajstić information content (AvgIpc) is 2.61. The Morgan fingerprint density at radius 1 is 1.17 bits per heavy atom. The highest BCUT2D eigenvalue weighted by atomic mass is 79.9. The molecule has 0 aromatic heterocycles. The van der Waals surface area contributed by atoms with Gasteiger partial charge in [0.05, 0.1) is 0 Å². The summed E-state index contributed by atoms with van der Waals surface area (Å²) < 4.78 is 17.6. The summed E-state index contributed by atoms with van der Waals surface area (Å²) in [5.41, 5.74) is -0.754. The predicted octanol–water partition coefficient (Wildman–Crippen LogP) is 4.53. The Bertz CT molecular complexity index is 704. The SMILES string of the molecule is CCC[C@H](NC(=O)Nc1ccc(Br)cc1)C(=O)NC(O[P+](=O)O)(C(C)C)C(C)C.